The van der Waals surface area contributed by atoms with Gasteiger partial charge in [0, 0.05) is 6.20 Å². The minimum Gasteiger partial charge on any atom is -0.478 e. The number of hydrogen-bond acceptors (Lipinski definition) is 2. The normalized spacial score (nSPS) is 10.5. The van der Waals surface area contributed by atoms with Crippen molar-refractivity contribution in [1.29, 1.82) is 0 Å². The van der Waals surface area contributed by atoms with Gasteiger partial charge in [-0.15, -0.1) is 0 Å². The standard InChI is InChI=1S/C12H11FN2O2/c1-8-4-5-15(14-8)7-9-2-3-10(12(16)17)11(13)6-9/h2-6H,7H2,1H3,(H,16,17). The second kappa shape index (κ2) is 4.37. The number of aryl methyl sites for hydroxylation is 1. The maximum Gasteiger partial charge on any atom is 0.338 e. The fourth-order valence-electron chi connectivity index (χ4n) is 1.57. The molecule has 2 aromatic rings. The van der Waals surface area contributed by atoms with Crippen LogP contribution in [0, 0.1) is 12.7 Å². The lowest BCUT2D eigenvalue weighted by Gasteiger charge is -2.04. The average Bonchev–Trinajstić information content (AvgIpc) is 2.63. The number of rotatable bonds is 3. The fraction of sp³-hybridized carbons (Fsp3) is 0.167. The SMILES string of the molecule is Cc1ccn(Cc2ccc(C(=O)O)c(F)c2)n1. The van der Waals surface area contributed by atoms with Crippen LogP contribution < -0.4 is 0 Å². The molecule has 5 heteroatoms. The lowest BCUT2D eigenvalue weighted by Crippen LogP contribution is -2.04. The van der Waals surface area contributed by atoms with Crippen molar-refractivity contribution in [3.05, 3.63) is 53.1 Å². The van der Waals surface area contributed by atoms with Crippen LogP contribution in [-0.4, -0.2) is 20.9 Å². The lowest BCUT2D eigenvalue weighted by molar-refractivity contribution is 0.0692. The van der Waals surface area contributed by atoms with Gasteiger partial charge in [-0.05, 0) is 30.7 Å². The van der Waals surface area contributed by atoms with Crippen molar-refractivity contribution in [1.82, 2.24) is 9.78 Å². The summed E-state index contributed by atoms with van der Waals surface area (Å²) in [6, 6.07) is 5.93. The van der Waals surface area contributed by atoms with Crippen LogP contribution in [-0.2, 0) is 6.54 Å². The predicted octanol–water partition coefficient (Wildman–Crippen LogP) is 2.08. The molecule has 1 aromatic heterocycles. The number of benzene rings is 1. The lowest BCUT2D eigenvalue weighted by atomic mass is 10.1. The van der Waals surface area contributed by atoms with Gasteiger partial charge in [0.15, 0.2) is 0 Å². The van der Waals surface area contributed by atoms with E-state index in [0.717, 1.165) is 5.69 Å². The Balaban J connectivity index is 2.23. The van der Waals surface area contributed by atoms with Crippen LogP contribution in [0.1, 0.15) is 21.6 Å². The molecule has 0 saturated carbocycles. The first-order valence-electron chi connectivity index (χ1n) is 5.08. The molecule has 88 valence electrons. The average molecular weight is 234 g/mol. The molecule has 0 amide bonds. The highest BCUT2D eigenvalue weighted by Gasteiger charge is 2.10. The van der Waals surface area contributed by atoms with E-state index in [2.05, 4.69) is 5.10 Å². The molecule has 0 spiro atoms. The van der Waals surface area contributed by atoms with Crippen molar-refractivity contribution in [3.8, 4) is 0 Å². The Morgan fingerprint density at radius 1 is 1.47 bits per heavy atom. The first kappa shape index (κ1) is 11.3. The molecule has 0 bridgehead atoms. The van der Waals surface area contributed by atoms with Gasteiger partial charge >= 0.3 is 5.97 Å². The molecule has 1 heterocycles. The minimum absolute atomic E-state index is 0.314. The molecule has 0 saturated heterocycles. The molecule has 0 fully saturated rings. The van der Waals surface area contributed by atoms with Crippen LogP contribution in [0.15, 0.2) is 30.5 Å². The van der Waals surface area contributed by atoms with Crippen LogP contribution in [0.25, 0.3) is 0 Å². The third-order valence-corrected chi connectivity index (χ3v) is 2.38. The summed E-state index contributed by atoms with van der Waals surface area (Å²) in [7, 11) is 0. The van der Waals surface area contributed by atoms with E-state index in [-0.39, 0.29) is 5.56 Å². The predicted molar refractivity (Wildman–Crippen MR) is 59.4 cm³/mol. The molecule has 0 aliphatic carbocycles. The molecule has 0 unspecified atom stereocenters. The van der Waals surface area contributed by atoms with Gasteiger partial charge in [0.05, 0.1) is 17.8 Å². The first-order chi connectivity index (χ1) is 8.06. The number of carboxylic acids is 1. The molecule has 17 heavy (non-hydrogen) atoms. The van der Waals surface area contributed by atoms with Crippen molar-refractivity contribution in [2.45, 2.75) is 13.5 Å². The number of carbonyl (C=O) groups is 1. The largest absolute Gasteiger partial charge is 0.478 e. The zero-order valence-corrected chi connectivity index (χ0v) is 9.22. The van der Waals surface area contributed by atoms with Gasteiger partial charge in [-0.1, -0.05) is 6.07 Å². The summed E-state index contributed by atoms with van der Waals surface area (Å²) in [6.45, 7) is 2.29. The Bertz CT molecular complexity index is 563. The van der Waals surface area contributed by atoms with Gasteiger partial charge < -0.3 is 5.11 Å². The Hall–Kier alpha value is -2.17. The Morgan fingerprint density at radius 2 is 2.24 bits per heavy atom. The van der Waals surface area contributed by atoms with Gasteiger partial charge in [0.1, 0.15) is 5.82 Å². The van der Waals surface area contributed by atoms with Gasteiger partial charge in [-0.3, -0.25) is 4.68 Å². The molecule has 1 aromatic carbocycles. The molecule has 2 rings (SSSR count). The summed E-state index contributed by atoms with van der Waals surface area (Å²) in [4.78, 5) is 10.6. The van der Waals surface area contributed by atoms with Gasteiger partial charge in [-0.2, -0.15) is 5.10 Å². The van der Waals surface area contributed by atoms with Crippen molar-refractivity contribution in [2.75, 3.05) is 0 Å². The van der Waals surface area contributed by atoms with E-state index in [0.29, 0.717) is 12.1 Å². The summed E-state index contributed by atoms with van der Waals surface area (Å²) in [6.07, 6.45) is 1.79. The molecule has 0 radical (unpaired) electrons. The van der Waals surface area contributed by atoms with E-state index in [9.17, 15) is 9.18 Å². The number of halogens is 1. The highest BCUT2D eigenvalue weighted by atomic mass is 19.1. The summed E-state index contributed by atoms with van der Waals surface area (Å²) < 4.78 is 15.1. The number of aromatic nitrogens is 2. The van der Waals surface area contributed by atoms with Crippen molar-refractivity contribution < 1.29 is 14.3 Å². The van der Waals surface area contributed by atoms with E-state index >= 15 is 0 Å². The van der Waals surface area contributed by atoms with E-state index in [1.807, 2.05) is 13.0 Å². The monoisotopic (exact) mass is 234 g/mol. The summed E-state index contributed by atoms with van der Waals surface area (Å²) in [5.74, 6) is -1.98. The molecular weight excluding hydrogens is 223 g/mol. The summed E-state index contributed by atoms with van der Waals surface area (Å²) in [5.41, 5.74) is 1.24. The van der Waals surface area contributed by atoms with Crippen LogP contribution in [0.3, 0.4) is 0 Å². The van der Waals surface area contributed by atoms with Gasteiger partial charge in [0.25, 0.3) is 0 Å². The third-order valence-electron chi connectivity index (χ3n) is 2.38. The molecule has 4 nitrogen and oxygen atoms in total. The topological polar surface area (TPSA) is 55.1 Å². The molecule has 0 aliphatic rings. The second-order valence-electron chi connectivity index (χ2n) is 3.77. The highest BCUT2D eigenvalue weighted by Crippen LogP contribution is 2.11. The quantitative estimate of drug-likeness (QED) is 0.884. The van der Waals surface area contributed by atoms with E-state index in [1.54, 1.807) is 16.9 Å². The maximum atomic E-state index is 13.4. The van der Waals surface area contributed by atoms with Gasteiger partial charge in [0.2, 0.25) is 0 Å². The first-order valence-corrected chi connectivity index (χ1v) is 5.08. The molecule has 1 N–H and O–H groups in total. The summed E-state index contributed by atoms with van der Waals surface area (Å²) in [5, 5.41) is 12.9. The molecule has 0 atom stereocenters. The third kappa shape index (κ3) is 2.50. The smallest absolute Gasteiger partial charge is 0.338 e. The van der Waals surface area contributed by atoms with Crippen LogP contribution >= 0.6 is 0 Å². The number of hydrogen-bond donors (Lipinski definition) is 1. The van der Waals surface area contributed by atoms with Crippen molar-refractivity contribution >= 4 is 5.97 Å². The van der Waals surface area contributed by atoms with Crippen LogP contribution in [0.5, 0.6) is 0 Å². The maximum absolute atomic E-state index is 13.4. The van der Waals surface area contributed by atoms with E-state index in [1.165, 1.54) is 12.1 Å². The zero-order chi connectivity index (χ0) is 12.4. The minimum atomic E-state index is -1.26. The summed E-state index contributed by atoms with van der Waals surface area (Å²) >= 11 is 0. The zero-order valence-electron chi connectivity index (χ0n) is 9.22. The second-order valence-corrected chi connectivity index (χ2v) is 3.77. The van der Waals surface area contributed by atoms with Crippen molar-refractivity contribution in [3.63, 3.8) is 0 Å². The highest BCUT2D eigenvalue weighted by molar-refractivity contribution is 5.87. The Labute approximate surface area is 97.3 Å². The Morgan fingerprint density at radius 3 is 2.76 bits per heavy atom. The molecular formula is C12H11FN2O2. The molecule has 0 aliphatic heterocycles. The number of nitrogens with zero attached hydrogens (tertiary/aromatic N) is 2. The number of aromatic carboxylic acids is 1. The van der Waals surface area contributed by atoms with Crippen LogP contribution in [0.2, 0.25) is 0 Å². The van der Waals surface area contributed by atoms with Gasteiger partial charge in [-0.25, -0.2) is 9.18 Å². The number of carboxylic acid groups (broad SMARTS) is 1. The Kier molecular flexibility index (Phi) is 2.91. The fourth-order valence-corrected chi connectivity index (χ4v) is 1.57. The van der Waals surface area contributed by atoms with Crippen molar-refractivity contribution in [2.24, 2.45) is 0 Å². The van der Waals surface area contributed by atoms with Crippen LogP contribution in [0.4, 0.5) is 4.39 Å². The van der Waals surface area contributed by atoms with E-state index in [4.69, 9.17) is 5.11 Å². The van der Waals surface area contributed by atoms with E-state index < -0.39 is 11.8 Å².